The van der Waals surface area contributed by atoms with E-state index < -0.39 is 13.4 Å². The standard InChI is InChI=1S/C14H26Se2Si2/c1-17(2,3)15-11-13-9-7-8-10-14(13)12-16-18(4,5)6/h7-10H,11-12H2,1-6H3. The maximum atomic E-state index is 2.50. The summed E-state index contributed by atoms with van der Waals surface area (Å²) in [5.74, 6) is 0. The summed E-state index contributed by atoms with van der Waals surface area (Å²) >= 11 is 1.69. The van der Waals surface area contributed by atoms with E-state index in [1.165, 1.54) is 10.6 Å². The van der Waals surface area contributed by atoms with Crippen LogP contribution in [0.15, 0.2) is 24.3 Å². The molecule has 1 rings (SSSR count). The molecule has 0 N–H and O–H groups in total. The van der Waals surface area contributed by atoms with Crippen LogP contribution in [0.5, 0.6) is 0 Å². The Bertz CT molecular complexity index is 341. The van der Waals surface area contributed by atoms with Gasteiger partial charge >= 0.3 is 127 Å². The van der Waals surface area contributed by atoms with Gasteiger partial charge in [-0.2, -0.15) is 0 Å². The van der Waals surface area contributed by atoms with Crippen molar-refractivity contribution in [2.75, 3.05) is 0 Å². The number of hydrogen-bond donors (Lipinski definition) is 0. The Morgan fingerprint density at radius 1 is 0.722 bits per heavy atom. The van der Waals surface area contributed by atoms with Gasteiger partial charge in [0.1, 0.15) is 0 Å². The third kappa shape index (κ3) is 7.32. The topological polar surface area (TPSA) is 0 Å². The fourth-order valence-corrected chi connectivity index (χ4v) is 11.2. The van der Waals surface area contributed by atoms with Crippen LogP contribution in [0.4, 0.5) is 0 Å². The van der Waals surface area contributed by atoms with Crippen molar-refractivity contribution < 1.29 is 0 Å². The van der Waals surface area contributed by atoms with Crippen LogP contribution in [0.3, 0.4) is 0 Å². The van der Waals surface area contributed by atoms with Crippen LogP contribution in [0.1, 0.15) is 11.1 Å². The summed E-state index contributed by atoms with van der Waals surface area (Å²) in [5.41, 5.74) is 3.31. The fourth-order valence-electron chi connectivity index (χ4n) is 1.43. The second-order valence-corrected chi connectivity index (χ2v) is 35.9. The summed E-state index contributed by atoms with van der Waals surface area (Å²) < 4.78 is 0. The molecule has 0 spiro atoms. The molecule has 0 fully saturated rings. The second-order valence-electron chi connectivity index (χ2n) is 6.57. The molecule has 0 aliphatic heterocycles. The average Bonchev–Trinajstić information content (AvgIpc) is 2.22. The predicted octanol–water partition coefficient (Wildman–Crippen LogP) is 3.76. The molecule has 1 aromatic carbocycles. The third-order valence-corrected chi connectivity index (χ3v) is 18.5. The third-order valence-electron chi connectivity index (χ3n) is 2.44. The molecular formula is C14H26Se2Si2. The van der Waals surface area contributed by atoms with Crippen LogP contribution in [0.2, 0.25) is 39.3 Å². The van der Waals surface area contributed by atoms with Gasteiger partial charge in [0, 0.05) is 0 Å². The second kappa shape index (κ2) is 6.92. The van der Waals surface area contributed by atoms with E-state index in [-0.39, 0.29) is 0 Å². The van der Waals surface area contributed by atoms with E-state index in [4.69, 9.17) is 0 Å². The monoisotopic (exact) mass is 410 g/mol. The first-order valence-corrected chi connectivity index (χ1v) is 20.9. The van der Waals surface area contributed by atoms with Gasteiger partial charge in [0.15, 0.2) is 0 Å². The van der Waals surface area contributed by atoms with E-state index in [0.29, 0.717) is 0 Å². The molecule has 0 nitrogen and oxygen atoms in total. The van der Waals surface area contributed by atoms with Crippen LogP contribution >= 0.6 is 0 Å². The quantitative estimate of drug-likeness (QED) is 0.629. The van der Waals surface area contributed by atoms with Gasteiger partial charge in [-0.15, -0.1) is 0 Å². The molecule has 0 unspecified atom stereocenters. The first-order valence-electron chi connectivity index (χ1n) is 6.52. The van der Waals surface area contributed by atoms with E-state index in [1.807, 2.05) is 0 Å². The van der Waals surface area contributed by atoms with Gasteiger partial charge in [-0.05, 0) is 0 Å². The molecular weight excluding hydrogens is 382 g/mol. The zero-order chi connectivity index (χ0) is 13.8. The maximum absolute atomic E-state index is 2.50. The molecule has 0 atom stereocenters. The van der Waals surface area contributed by atoms with E-state index >= 15 is 0 Å². The molecule has 0 saturated carbocycles. The molecule has 0 bridgehead atoms. The zero-order valence-corrected chi connectivity index (χ0v) is 18.0. The molecule has 0 aromatic heterocycles. The van der Waals surface area contributed by atoms with Gasteiger partial charge < -0.3 is 0 Å². The SMILES string of the molecule is C[Si](C)(C)[Se]Cc1ccccc1C[Se][Si](C)(C)C. The summed E-state index contributed by atoms with van der Waals surface area (Å²) in [4.78, 5) is 0. The van der Waals surface area contributed by atoms with Crippen molar-refractivity contribution in [2.45, 2.75) is 49.9 Å². The van der Waals surface area contributed by atoms with E-state index in [1.54, 1.807) is 11.1 Å². The van der Waals surface area contributed by atoms with Crippen LogP contribution in [-0.2, 0) is 10.6 Å². The van der Waals surface area contributed by atoms with Crippen LogP contribution in [-0.4, -0.2) is 42.0 Å². The summed E-state index contributed by atoms with van der Waals surface area (Å²) in [7, 11) is 0. The average molecular weight is 408 g/mol. The molecule has 0 aliphatic carbocycles. The molecule has 4 heteroatoms. The Kier molecular flexibility index (Phi) is 6.44. The number of rotatable bonds is 6. The van der Waals surface area contributed by atoms with Crippen molar-refractivity contribution in [1.82, 2.24) is 0 Å². The van der Waals surface area contributed by atoms with Crippen molar-refractivity contribution in [2.24, 2.45) is 0 Å². The van der Waals surface area contributed by atoms with Gasteiger partial charge in [0.05, 0.1) is 0 Å². The molecule has 0 aliphatic rings. The van der Waals surface area contributed by atoms with Gasteiger partial charge in [0.25, 0.3) is 0 Å². The Balaban J connectivity index is 2.68. The molecule has 0 radical (unpaired) electrons. The van der Waals surface area contributed by atoms with E-state index in [9.17, 15) is 0 Å². The van der Waals surface area contributed by atoms with E-state index in [0.717, 1.165) is 28.6 Å². The van der Waals surface area contributed by atoms with Gasteiger partial charge in [-0.1, -0.05) is 0 Å². The first kappa shape index (κ1) is 16.7. The molecule has 0 saturated heterocycles. The van der Waals surface area contributed by atoms with Crippen LogP contribution in [0.25, 0.3) is 0 Å². The minimum atomic E-state index is -0.846. The Hall–Kier alpha value is 0.693. The Morgan fingerprint density at radius 2 is 1.06 bits per heavy atom. The molecule has 102 valence electrons. The normalized spacial score (nSPS) is 12.8. The summed E-state index contributed by atoms with van der Waals surface area (Å²) in [6, 6.07) is 9.19. The van der Waals surface area contributed by atoms with Crippen molar-refractivity contribution in [1.29, 1.82) is 0 Å². The number of hydrogen-bond acceptors (Lipinski definition) is 0. The van der Waals surface area contributed by atoms with Crippen molar-refractivity contribution in [3.05, 3.63) is 35.4 Å². The minimum absolute atomic E-state index is 0.843. The zero-order valence-electron chi connectivity index (χ0n) is 12.5. The summed E-state index contributed by atoms with van der Waals surface area (Å²) in [5, 5.41) is 2.72. The molecule has 1 aromatic rings. The van der Waals surface area contributed by atoms with Gasteiger partial charge in [-0.3, -0.25) is 0 Å². The summed E-state index contributed by atoms with van der Waals surface area (Å²) in [6.07, 6.45) is 0. The van der Waals surface area contributed by atoms with E-state index in [2.05, 4.69) is 63.5 Å². The summed E-state index contributed by atoms with van der Waals surface area (Å²) in [6.45, 7) is 13.3. The Labute approximate surface area is 127 Å². The predicted molar refractivity (Wildman–Crippen MR) is 92.1 cm³/mol. The first-order chi connectivity index (χ1) is 8.17. The van der Waals surface area contributed by atoms with Crippen molar-refractivity contribution in [3.63, 3.8) is 0 Å². The van der Waals surface area contributed by atoms with Crippen LogP contribution in [0, 0.1) is 0 Å². The van der Waals surface area contributed by atoms with Crippen molar-refractivity contribution in [3.8, 4) is 0 Å². The number of benzene rings is 1. The van der Waals surface area contributed by atoms with Gasteiger partial charge in [0.2, 0.25) is 0 Å². The van der Waals surface area contributed by atoms with Crippen LogP contribution < -0.4 is 0 Å². The van der Waals surface area contributed by atoms with Gasteiger partial charge in [-0.25, -0.2) is 0 Å². The fraction of sp³-hybridized carbons (Fsp3) is 0.571. The molecule has 0 heterocycles. The molecule has 0 amide bonds. The van der Waals surface area contributed by atoms with Crippen molar-refractivity contribution >= 4 is 42.0 Å². The Morgan fingerprint density at radius 3 is 1.33 bits per heavy atom. The molecule has 18 heavy (non-hydrogen) atoms.